The fraction of sp³-hybridized carbons (Fsp3) is 0.167. The third kappa shape index (κ3) is 4.36. The molecule has 3 aromatic carbocycles. The first kappa shape index (κ1) is 20.7. The molecule has 0 unspecified atom stereocenters. The molecule has 0 bridgehead atoms. The lowest BCUT2D eigenvalue weighted by Crippen LogP contribution is -2.24. The van der Waals surface area contributed by atoms with Crippen LogP contribution >= 0.6 is 0 Å². The highest BCUT2D eigenvalue weighted by atomic mass is 16.5. The molecule has 0 aliphatic carbocycles. The molecule has 6 heteroatoms. The Morgan fingerprint density at radius 2 is 1.77 bits per heavy atom. The minimum absolute atomic E-state index is 0.0165. The van der Waals surface area contributed by atoms with Crippen molar-refractivity contribution in [1.29, 1.82) is 5.26 Å². The molecule has 0 atom stereocenters. The Labute approximate surface area is 175 Å². The third-order valence-electron chi connectivity index (χ3n) is 4.74. The zero-order valence-corrected chi connectivity index (χ0v) is 17.1. The van der Waals surface area contributed by atoms with Crippen LogP contribution in [0.15, 0.2) is 60.2 Å². The number of ether oxygens (including phenoxy) is 3. The Morgan fingerprint density at radius 3 is 2.47 bits per heavy atom. The first-order chi connectivity index (χ1) is 14.6. The highest BCUT2D eigenvalue weighted by Crippen LogP contribution is 2.30. The van der Waals surface area contributed by atoms with Gasteiger partial charge in [-0.15, -0.1) is 0 Å². The quantitative estimate of drug-likeness (QED) is 0.476. The fourth-order valence-corrected chi connectivity index (χ4v) is 3.16. The van der Waals surface area contributed by atoms with Gasteiger partial charge >= 0.3 is 0 Å². The van der Waals surface area contributed by atoms with Gasteiger partial charge in [-0.1, -0.05) is 30.3 Å². The van der Waals surface area contributed by atoms with Crippen molar-refractivity contribution in [2.24, 2.45) is 0 Å². The SMILES string of the molecule is COc1ccc(CNC(=O)/C(C#N)=C/c2c(OC)ccc3ccccc23)c(OC)c1. The van der Waals surface area contributed by atoms with Gasteiger partial charge in [-0.25, -0.2) is 0 Å². The van der Waals surface area contributed by atoms with Crippen molar-refractivity contribution < 1.29 is 19.0 Å². The zero-order chi connectivity index (χ0) is 21.5. The molecule has 0 fully saturated rings. The maximum Gasteiger partial charge on any atom is 0.262 e. The molecule has 0 heterocycles. The van der Waals surface area contributed by atoms with Crippen LogP contribution in [-0.4, -0.2) is 27.2 Å². The van der Waals surface area contributed by atoms with Crippen LogP contribution in [0.2, 0.25) is 0 Å². The summed E-state index contributed by atoms with van der Waals surface area (Å²) in [6.45, 7) is 0.206. The van der Waals surface area contributed by atoms with Crippen molar-refractivity contribution in [3.05, 3.63) is 71.3 Å². The van der Waals surface area contributed by atoms with Gasteiger partial charge in [-0.2, -0.15) is 5.26 Å². The summed E-state index contributed by atoms with van der Waals surface area (Å²) in [6.07, 6.45) is 1.56. The third-order valence-corrected chi connectivity index (χ3v) is 4.74. The molecule has 6 nitrogen and oxygen atoms in total. The average Bonchev–Trinajstić information content (AvgIpc) is 2.80. The smallest absolute Gasteiger partial charge is 0.262 e. The molecule has 0 saturated carbocycles. The summed E-state index contributed by atoms with van der Waals surface area (Å²) >= 11 is 0. The van der Waals surface area contributed by atoms with Gasteiger partial charge in [0, 0.05) is 23.7 Å². The maximum absolute atomic E-state index is 12.7. The molecule has 30 heavy (non-hydrogen) atoms. The van der Waals surface area contributed by atoms with Crippen LogP contribution in [0.1, 0.15) is 11.1 Å². The molecular weight excluding hydrogens is 380 g/mol. The molecule has 152 valence electrons. The van der Waals surface area contributed by atoms with Crippen LogP contribution in [0.5, 0.6) is 17.2 Å². The second-order valence-corrected chi connectivity index (χ2v) is 6.43. The number of carbonyl (C=O) groups excluding carboxylic acids is 1. The number of fused-ring (bicyclic) bond motifs is 1. The van der Waals surface area contributed by atoms with E-state index < -0.39 is 5.91 Å². The number of nitrogens with zero attached hydrogens (tertiary/aromatic N) is 1. The molecule has 0 aromatic heterocycles. The highest BCUT2D eigenvalue weighted by Gasteiger charge is 2.14. The number of nitrogens with one attached hydrogen (secondary N) is 1. The molecular formula is C24H22N2O4. The second-order valence-electron chi connectivity index (χ2n) is 6.43. The predicted octanol–water partition coefficient (Wildman–Crippen LogP) is 4.09. The van der Waals surface area contributed by atoms with E-state index in [1.54, 1.807) is 45.6 Å². The van der Waals surface area contributed by atoms with E-state index in [2.05, 4.69) is 5.32 Å². The lowest BCUT2D eigenvalue weighted by atomic mass is 10.0. The van der Waals surface area contributed by atoms with E-state index in [0.717, 1.165) is 16.3 Å². The van der Waals surface area contributed by atoms with Crippen molar-refractivity contribution in [3.8, 4) is 23.3 Å². The Morgan fingerprint density at radius 1 is 1.00 bits per heavy atom. The summed E-state index contributed by atoms with van der Waals surface area (Å²) in [5.74, 6) is 1.35. The molecule has 1 N–H and O–H groups in total. The molecule has 1 amide bonds. The van der Waals surface area contributed by atoms with Gasteiger partial charge in [0.1, 0.15) is 28.9 Å². The maximum atomic E-state index is 12.7. The molecule has 0 aliphatic rings. The standard InChI is InChI=1S/C24H22N2O4/c1-28-19-10-8-17(23(13-19)30-3)15-26-24(27)18(14-25)12-21-20-7-5-4-6-16(20)9-11-22(21)29-2/h4-13H,15H2,1-3H3,(H,26,27)/b18-12+. The average molecular weight is 402 g/mol. The number of hydrogen-bond donors (Lipinski definition) is 1. The number of rotatable bonds is 7. The van der Waals surface area contributed by atoms with Gasteiger partial charge in [-0.3, -0.25) is 4.79 Å². The van der Waals surface area contributed by atoms with Crippen LogP contribution in [0, 0.1) is 11.3 Å². The van der Waals surface area contributed by atoms with Crippen LogP contribution in [0.4, 0.5) is 0 Å². The van der Waals surface area contributed by atoms with Crippen molar-refractivity contribution in [1.82, 2.24) is 5.32 Å². The number of benzene rings is 3. The monoisotopic (exact) mass is 402 g/mol. The first-order valence-corrected chi connectivity index (χ1v) is 9.28. The summed E-state index contributed by atoms with van der Waals surface area (Å²) < 4.78 is 16.0. The molecule has 0 spiro atoms. The van der Waals surface area contributed by atoms with E-state index in [1.807, 2.05) is 42.5 Å². The largest absolute Gasteiger partial charge is 0.497 e. The van der Waals surface area contributed by atoms with Crippen molar-refractivity contribution in [2.45, 2.75) is 6.54 Å². The van der Waals surface area contributed by atoms with Crippen molar-refractivity contribution in [3.63, 3.8) is 0 Å². The number of methoxy groups -OCH3 is 3. The lowest BCUT2D eigenvalue weighted by molar-refractivity contribution is -0.117. The van der Waals surface area contributed by atoms with Crippen molar-refractivity contribution >= 4 is 22.8 Å². The zero-order valence-electron chi connectivity index (χ0n) is 17.1. The van der Waals surface area contributed by atoms with Crippen LogP contribution in [-0.2, 0) is 11.3 Å². The summed E-state index contributed by atoms with van der Waals surface area (Å²) in [5, 5.41) is 14.3. The Hall–Kier alpha value is -3.98. The van der Waals surface area contributed by atoms with E-state index in [4.69, 9.17) is 14.2 Å². The number of carbonyl (C=O) groups is 1. The van der Waals surface area contributed by atoms with Crippen LogP contribution < -0.4 is 19.5 Å². The highest BCUT2D eigenvalue weighted by molar-refractivity contribution is 6.05. The van der Waals surface area contributed by atoms with E-state index in [1.165, 1.54) is 0 Å². The van der Waals surface area contributed by atoms with Gasteiger partial charge in [0.15, 0.2) is 0 Å². The molecule has 0 radical (unpaired) electrons. The van der Waals surface area contributed by atoms with E-state index in [9.17, 15) is 10.1 Å². The Bertz CT molecular complexity index is 1150. The molecule has 3 rings (SSSR count). The number of nitriles is 1. The van der Waals surface area contributed by atoms with E-state index in [-0.39, 0.29) is 12.1 Å². The predicted molar refractivity (Wildman–Crippen MR) is 115 cm³/mol. The second kappa shape index (κ2) is 9.48. The first-order valence-electron chi connectivity index (χ1n) is 9.28. The Kier molecular flexibility index (Phi) is 6.56. The fourth-order valence-electron chi connectivity index (χ4n) is 3.16. The van der Waals surface area contributed by atoms with Crippen LogP contribution in [0.25, 0.3) is 16.8 Å². The molecule has 0 aliphatic heterocycles. The summed E-state index contributed by atoms with van der Waals surface area (Å²) in [4.78, 5) is 12.7. The minimum Gasteiger partial charge on any atom is -0.497 e. The normalized spacial score (nSPS) is 10.9. The van der Waals surface area contributed by atoms with Crippen molar-refractivity contribution in [2.75, 3.05) is 21.3 Å². The Balaban J connectivity index is 1.88. The summed E-state index contributed by atoms with van der Waals surface area (Å²) in [7, 11) is 4.68. The molecule has 0 saturated heterocycles. The van der Waals surface area contributed by atoms with Gasteiger partial charge in [-0.05, 0) is 35.0 Å². The van der Waals surface area contributed by atoms with Gasteiger partial charge in [0.2, 0.25) is 0 Å². The van der Waals surface area contributed by atoms with E-state index >= 15 is 0 Å². The topological polar surface area (TPSA) is 80.6 Å². The van der Waals surface area contributed by atoms with Crippen LogP contribution in [0.3, 0.4) is 0 Å². The lowest BCUT2D eigenvalue weighted by Gasteiger charge is -2.12. The summed E-state index contributed by atoms with van der Waals surface area (Å²) in [5.41, 5.74) is 1.44. The molecule has 3 aromatic rings. The number of amides is 1. The van der Waals surface area contributed by atoms with Gasteiger partial charge < -0.3 is 19.5 Å². The minimum atomic E-state index is -0.481. The number of hydrogen-bond acceptors (Lipinski definition) is 5. The van der Waals surface area contributed by atoms with Gasteiger partial charge in [0.05, 0.1) is 21.3 Å². The summed E-state index contributed by atoms with van der Waals surface area (Å²) in [6, 6.07) is 18.8. The van der Waals surface area contributed by atoms with Gasteiger partial charge in [0.25, 0.3) is 5.91 Å². The van der Waals surface area contributed by atoms with E-state index in [0.29, 0.717) is 22.8 Å².